The average molecular weight is 360 g/mol. The van der Waals surface area contributed by atoms with Gasteiger partial charge in [-0.25, -0.2) is 8.42 Å². The van der Waals surface area contributed by atoms with Crippen molar-refractivity contribution in [1.29, 1.82) is 5.26 Å². The van der Waals surface area contributed by atoms with Crippen molar-refractivity contribution in [2.75, 3.05) is 12.3 Å². The van der Waals surface area contributed by atoms with Gasteiger partial charge in [0.25, 0.3) is 0 Å². The smallest absolute Gasteiger partial charge is 0.243 e. The fourth-order valence-electron chi connectivity index (χ4n) is 1.88. The Hall–Kier alpha value is -1.10. The van der Waals surface area contributed by atoms with Gasteiger partial charge in [-0.15, -0.1) is 0 Å². The molecule has 1 aromatic carbocycles. The SMILES string of the molecule is Cc1c(N)cc(Br)cc1S(=O)(=O)N(CCC#N)C(C)C. The number of nitriles is 1. The van der Waals surface area contributed by atoms with Crippen LogP contribution in [0.5, 0.6) is 0 Å². The molecular weight excluding hydrogens is 342 g/mol. The summed E-state index contributed by atoms with van der Waals surface area (Å²) in [5.74, 6) is 0. The number of nitrogens with two attached hydrogens (primary N) is 1. The number of rotatable bonds is 5. The summed E-state index contributed by atoms with van der Waals surface area (Å²) < 4.78 is 27.4. The minimum atomic E-state index is -3.68. The molecule has 0 saturated carbocycles. The zero-order chi connectivity index (χ0) is 15.5. The summed E-state index contributed by atoms with van der Waals surface area (Å²) in [6.45, 7) is 5.41. The molecule has 110 valence electrons. The zero-order valence-electron chi connectivity index (χ0n) is 11.7. The van der Waals surface area contributed by atoms with E-state index < -0.39 is 10.0 Å². The lowest BCUT2D eigenvalue weighted by molar-refractivity contribution is 0.360. The highest BCUT2D eigenvalue weighted by Crippen LogP contribution is 2.29. The van der Waals surface area contributed by atoms with Gasteiger partial charge < -0.3 is 5.73 Å². The molecule has 0 bridgehead atoms. The molecule has 0 atom stereocenters. The lowest BCUT2D eigenvalue weighted by atomic mass is 10.2. The van der Waals surface area contributed by atoms with E-state index in [1.807, 2.05) is 6.07 Å². The quantitative estimate of drug-likeness (QED) is 0.818. The molecule has 1 rings (SSSR count). The Morgan fingerprint density at radius 1 is 1.45 bits per heavy atom. The Balaban J connectivity index is 3.38. The van der Waals surface area contributed by atoms with Gasteiger partial charge in [0, 0.05) is 29.2 Å². The molecule has 1 aromatic rings. The fraction of sp³-hybridized carbons (Fsp3) is 0.462. The summed E-state index contributed by atoms with van der Waals surface area (Å²) in [6.07, 6.45) is 0.153. The molecule has 0 saturated heterocycles. The van der Waals surface area contributed by atoms with E-state index in [2.05, 4.69) is 15.9 Å². The van der Waals surface area contributed by atoms with Gasteiger partial charge >= 0.3 is 0 Å². The first kappa shape index (κ1) is 17.0. The maximum Gasteiger partial charge on any atom is 0.243 e. The third-order valence-electron chi connectivity index (χ3n) is 2.97. The number of sulfonamides is 1. The number of hydrogen-bond donors (Lipinski definition) is 1. The van der Waals surface area contributed by atoms with E-state index in [0.717, 1.165) is 0 Å². The van der Waals surface area contributed by atoms with E-state index in [9.17, 15) is 8.42 Å². The first-order chi connectivity index (χ1) is 9.21. The van der Waals surface area contributed by atoms with Crippen LogP contribution in [0.1, 0.15) is 25.8 Å². The highest BCUT2D eigenvalue weighted by molar-refractivity contribution is 9.10. The molecule has 0 unspecified atom stereocenters. The van der Waals surface area contributed by atoms with E-state index in [4.69, 9.17) is 11.0 Å². The van der Waals surface area contributed by atoms with Crippen molar-refractivity contribution in [3.8, 4) is 6.07 Å². The topological polar surface area (TPSA) is 87.2 Å². The average Bonchev–Trinajstić information content (AvgIpc) is 2.33. The molecule has 0 aliphatic rings. The van der Waals surface area contributed by atoms with Gasteiger partial charge in [-0.2, -0.15) is 9.57 Å². The zero-order valence-corrected chi connectivity index (χ0v) is 14.1. The Bertz CT molecular complexity index is 636. The fourth-order valence-corrected chi connectivity index (χ4v) is 4.43. The van der Waals surface area contributed by atoms with Gasteiger partial charge in [0.15, 0.2) is 0 Å². The summed E-state index contributed by atoms with van der Waals surface area (Å²) in [6, 6.07) is 4.96. The second-order valence-electron chi connectivity index (χ2n) is 4.74. The van der Waals surface area contributed by atoms with Crippen LogP contribution in [0, 0.1) is 18.3 Å². The molecule has 5 nitrogen and oxygen atoms in total. The van der Waals surface area contributed by atoms with Gasteiger partial charge in [0.1, 0.15) is 0 Å². The van der Waals surface area contributed by atoms with E-state index in [0.29, 0.717) is 15.7 Å². The van der Waals surface area contributed by atoms with Crippen molar-refractivity contribution >= 4 is 31.6 Å². The first-order valence-corrected chi connectivity index (χ1v) is 8.39. The molecule has 0 spiro atoms. The van der Waals surface area contributed by atoms with E-state index in [-0.39, 0.29) is 23.9 Å². The number of nitrogen functional groups attached to an aromatic ring is 1. The van der Waals surface area contributed by atoms with Crippen LogP contribution in [0.15, 0.2) is 21.5 Å². The van der Waals surface area contributed by atoms with Crippen LogP contribution in [0.4, 0.5) is 5.69 Å². The monoisotopic (exact) mass is 359 g/mol. The minimum absolute atomic E-state index is 0.153. The maximum absolute atomic E-state index is 12.7. The Labute approximate surface area is 128 Å². The number of anilines is 1. The summed E-state index contributed by atoms with van der Waals surface area (Å²) in [7, 11) is -3.68. The highest BCUT2D eigenvalue weighted by Gasteiger charge is 2.29. The van der Waals surface area contributed by atoms with Crippen LogP contribution in [-0.4, -0.2) is 25.3 Å². The van der Waals surface area contributed by atoms with Crippen molar-refractivity contribution in [3.05, 3.63) is 22.2 Å². The summed E-state index contributed by atoms with van der Waals surface area (Å²) >= 11 is 3.26. The molecule has 7 heteroatoms. The van der Waals surface area contributed by atoms with Crippen LogP contribution < -0.4 is 5.73 Å². The number of benzene rings is 1. The minimum Gasteiger partial charge on any atom is -0.398 e. The Morgan fingerprint density at radius 2 is 2.05 bits per heavy atom. The standard InChI is InChI=1S/C13H18BrN3O2S/c1-9(2)17(6-4-5-15)20(18,19)13-8-11(14)7-12(16)10(13)3/h7-9H,4,6,16H2,1-3H3. The summed E-state index contributed by atoms with van der Waals surface area (Å²) in [5.41, 5.74) is 6.77. The molecule has 0 aliphatic carbocycles. The summed E-state index contributed by atoms with van der Waals surface area (Å²) in [5, 5.41) is 8.68. The normalized spacial score (nSPS) is 11.8. The third-order valence-corrected chi connectivity index (χ3v) is 5.63. The molecule has 0 aromatic heterocycles. The third kappa shape index (κ3) is 3.51. The van der Waals surface area contributed by atoms with E-state index in [1.54, 1.807) is 32.9 Å². The highest BCUT2D eigenvalue weighted by atomic mass is 79.9. The number of nitrogens with zero attached hydrogens (tertiary/aromatic N) is 2. The maximum atomic E-state index is 12.7. The predicted molar refractivity (Wildman–Crippen MR) is 82.5 cm³/mol. The van der Waals surface area contributed by atoms with Crippen molar-refractivity contribution < 1.29 is 8.42 Å². The molecule has 0 heterocycles. The van der Waals surface area contributed by atoms with Gasteiger partial charge in [0.05, 0.1) is 11.0 Å². The lowest BCUT2D eigenvalue weighted by Crippen LogP contribution is -2.38. The number of halogens is 1. The van der Waals surface area contributed by atoms with Gasteiger partial charge in [-0.3, -0.25) is 0 Å². The number of hydrogen-bond acceptors (Lipinski definition) is 4. The molecule has 0 aliphatic heterocycles. The molecule has 0 fully saturated rings. The first-order valence-electron chi connectivity index (χ1n) is 6.16. The van der Waals surface area contributed by atoms with Crippen molar-refractivity contribution in [1.82, 2.24) is 4.31 Å². The largest absolute Gasteiger partial charge is 0.398 e. The molecule has 0 radical (unpaired) electrons. The van der Waals surface area contributed by atoms with Crippen LogP contribution in [0.3, 0.4) is 0 Å². The van der Waals surface area contributed by atoms with Gasteiger partial charge in [0.2, 0.25) is 10.0 Å². The predicted octanol–water partition coefficient (Wildman–Crippen LogP) is 2.65. The lowest BCUT2D eigenvalue weighted by Gasteiger charge is -2.26. The second-order valence-corrected chi connectivity index (χ2v) is 7.51. The second kappa shape index (κ2) is 6.57. The molecule has 2 N–H and O–H groups in total. The van der Waals surface area contributed by atoms with Crippen LogP contribution >= 0.6 is 15.9 Å². The van der Waals surface area contributed by atoms with Gasteiger partial charge in [-0.1, -0.05) is 15.9 Å². The van der Waals surface area contributed by atoms with Crippen LogP contribution in [0.25, 0.3) is 0 Å². The molecule has 0 amide bonds. The van der Waals surface area contributed by atoms with Gasteiger partial charge in [-0.05, 0) is 38.5 Å². The van der Waals surface area contributed by atoms with Crippen molar-refractivity contribution in [2.24, 2.45) is 0 Å². The van der Waals surface area contributed by atoms with Crippen molar-refractivity contribution in [2.45, 2.75) is 38.1 Å². The van der Waals surface area contributed by atoms with Crippen molar-refractivity contribution in [3.63, 3.8) is 0 Å². The molecular formula is C13H18BrN3O2S. The Morgan fingerprint density at radius 3 is 2.55 bits per heavy atom. The summed E-state index contributed by atoms with van der Waals surface area (Å²) in [4.78, 5) is 0.177. The molecule has 20 heavy (non-hydrogen) atoms. The van der Waals surface area contributed by atoms with E-state index in [1.165, 1.54) is 4.31 Å². The van der Waals surface area contributed by atoms with E-state index >= 15 is 0 Å². The van der Waals surface area contributed by atoms with Crippen LogP contribution in [0.2, 0.25) is 0 Å². The Kier molecular flexibility index (Phi) is 5.57. The van der Waals surface area contributed by atoms with Crippen LogP contribution in [-0.2, 0) is 10.0 Å².